The molecule has 5 aliphatic rings. The van der Waals surface area contributed by atoms with E-state index in [-0.39, 0.29) is 38.4 Å². The van der Waals surface area contributed by atoms with E-state index in [0.29, 0.717) is 25.9 Å². The molecule has 24 heteroatoms. The zero-order chi connectivity index (χ0) is 41.1. The highest BCUT2D eigenvalue weighted by Crippen LogP contribution is 2.37. The molecule has 0 spiro atoms. The van der Waals surface area contributed by atoms with Crippen LogP contribution >= 0.6 is 0 Å². The molecule has 328 valence electrons. The van der Waals surface area contributed by atoms with Crippen LogP contribution in [0.1, 0.15) is 19.3 Å². The molecule has 0 aromatic carbocycles. The quantitative estimate of drug-likeness (QED) is 0.0686. The molecule has 4 aliphatic heterocycles. The summed E-state index contributed by atoms with van der Waals surface area (Å²) < 4.78 is 61.4. The standard InChI is InChI=1S/C32H63N7O16S/c33-3-6-56(48,49)11-13-7-14(35)26(53-30-19(37)24(45)22(43)16(51-30)9-39-12-32(47)1-4-38-5-2-32)28(20(13)41)55-31-25(46)27(17(10-40)52-31)54-29-18(36)23(44)21(42)15(8-34)50-29/h13-31,38-47H,1-12,33-37H2/t13-,14-,15-,16+,17+,18+,19+,20-,21+,22+,23+,24+,25+,26+,27+,28+,29+,30+,31-/m0/s1. The Morgan fingerprint density at radius 3 is 1.88 bits per heavy atom. The smallest absolute Gasteiger partial charge is 0.187 e. The minimum Gasteiger partial charge on any atom is -0.394 e. The van der Waals surface area contributed by atoms with E-state index in [1.54, 1.807) is 0 Å². The van der Waals surface area contributed by atoms with Gasteiger partial charge < -0.3 is 109 Å². The van der Waals surface area contributed by atoms with Gasteiger partial charge in [-0.25, -0.2) is 8.42 Å². The predicted molar refractivity (Wildman–Crippen MR) is 192 cm³/mol. The monoisotopic (exact) mass is 833 g/mol. The van der Waals surface area contributed by atoms with Gasteiger partial charge in [-0.15, -0.1) is 0 Å². The molecule has 1 aliphatic carbocycles. The Morgan fingerprint density at radius 1 is 0.732 bits per heavy atom. The van der Waals surface area contributed by atoms with Crippen LogP contribution in [0.4, 0.5) is 0 Å². The summed E-state index contributed by atoms with van der Waals surface area (Å²) in [6, 6.07) is -3.73. The first-order valence-corrected chi connectivity index (χ1v) is 20.9. The number of aliphatic hydroxyl groups is 8. The third-order valence-electron chi connectivity index (χ3n) is 11.4. The highest BCUT2D eigenvalue weighted by molar-refractivity contribution is 7.91. The van der Waals surface area contributed by atoms with E-state index in [2.05, 4.69) is 10.6 Å². The Bertz CT molecular complexity index is 1340. The summed E-state index contributed by atoms with van der Waals surface area (Å²) in [7, 11) is -3.78. The third-order valence-corrected chi connectivity index (χ3v) is 13.2. The minimum atomic E-state index is -3.78. The number of nitrogens with two attached hydrogens (primary N) is 5. The largest absolute Gasteiger partial charge is 0.394 e. The molecular weight excluding hydrogens is 770 g/mol. The summed E-state index contributed by atoms with van der Waals surface area (Å²) >= 11 is 0. The fourth-order valence-corrected chi connectivity index (χ4v) is 9.56. The van der Waals surface area contributed by atoms with Crippen LogP contribution in [0.2, 0.25) is 0 Å². The van der Waals surface area contributed by atoms with Gasteiger partial charge in [-0.05, 0) is 32.4 Å². The summed E-state index contributed by atoms with van der Waals surface area (Å²) in [6.07, 6.45) is -20.8. The summed E-state index contributed by atoms with van der Waals surface area (Å²) in [5.41, 5.74) is 29.1. The van der Waals surface area contributed by atoms with E-state index >= 15 is 0 Å². The van der Waals surface area contributed by atoms with Gasteiger partial charge in [0.2, 0.25) is 0 Å². The fourth-order valence-electron chi connectivity index (χ4n) is 8.05. The van der Waals surface area contributed by atoms with Crippen molar-refractivity contribution >= 4 is 9.84 Å². The average molecular weight is 834 g/mol. The molecule has 23 nitrogen and oxygen atoms in total. The summed E-state index contributed by atoms with van der Waals surface area (Å²) in [5, 5.41) is 92.9. The second kappa shape index (κ2) is 19.7. The molecule has 0 radical (unpaired) electrons. The van der Waals surface area contributed by atoms with E-state index in [1.807, 2.05) is 0 Å². The van der Waals surface area contributed by atoms with Gasteiger partial charge in [-0.1, -0.05) is 0 Å². The molecule has 56 heavy (non-hydrogen) atoms. The number of ether oxygens (including phenoxy) is 6. The molecule has 0 unspecified atom stereocenters. The Labute approximate surface area is 324 Å². The van der Waals surface area contributed by atoms with E-state index in [9.17, 15) is 49.3 Å². The SMILES string of the molecule is NCCS(=O)(=O)C[C@@H]1C[C@H](N)[C@@H](O[C@H]2O[C@H](CNCC3(O)CCNCC3)[C@@H](O)[C@H](O)[C@H]2N)[C@H](O[C@@H]2O[C@H](CO)[C@@H](O[C@H]3O[C@@H](CN)[C@@H](O)[C@H](O)[C@H]3N)[C@H]2O)[C@H]1O. The molecule has 1 saturated carbocycles. The number of aliphatic hydroxyl groups excluding tert-OH is 7. The van der Waals surface area contributed by atoms with Crippen molar-refractivity contribution < 1.29 is 77.7 Å². The van der Waals surface area contributed by atoms with Crippen LogP contribution < -0.4 is 39.3 Å². The number of piperidine rings is 1. The van der Waals surface area contributed by atoms with E-state index < -0.39 is 144 Å². The average Bonchev–Trinajstić information content (AvgIpc) is 3.45. The highest BCUT2D eigenvalue weighted by Gasteiger charge is 2.55. The van der Waals surface area contributed by atoms with Gasteiger partial charge in [0.25, 0.3) is 0 Å². The number of sulfone groups is 1. The maximum Gasteiger partial charge on any atom is 0.187 e. The van der Waals surface area contributed by atoms with E-state index in [4.69, 9.17) is 57.1 Å². The number of nitrogens with one attached hydrogen (secondary N) is 2. The van der Waals surface area contributed by atoms with Crippen molar-refractivity contribution in [1.82, 2.24) is 10.6 Å². The van der Waals surface area contributed by atoms with Crippen molar-refractivity contribution in [2.24, 2.45) is 34.6 Å². The van der Waals surface area contributed by atoms with Crippen molar-refractivity contribution in [3.05, 3.63) is 0 Å². The zero-order valence-electron chi connectivity index (χ0n) is 31.1. The number of hydrogen-bond acceptors (Lipinski definition) is 23. The molecule has 19 atom stereocenters. The van der Waals surface area contributed by atoms with Crippen LogP contribution in [-0.4, -0.2) is 222 Å². The summed E-state index contributed by atoms with van der Waals surface area (Å²) in [4.78, 5) is 0. The van der Waals surface area contributed by atoms with Gasteiger partial charge in [-0.3, -0.25) is 0 Å². The molecule has 4 saturated heterocycles. The van der Waals surface area contributed by atoms with Gasteiger partial charge in [0.05, 0.1) is 41.9 Å². The van der Waals surface area contributed by atoms with Crippen molar-refractivity contribution in [3.63, 3.8) is 0 Å². The van der Waals surface area contributed by atoms with Crippen LogP contribution in [0.3, 0.4) is 0 Å². The lowest BCUT2D eigenvalue weighted by Gasteiger charge is -2.48. The molecule has 0 aromatic heterocycles. The van der Waals surface area contributed by atoms with Crippen LogP contribution in [0.5, 0.6) is 0 Å². The number of rotatable bonds is 16. The van der Waals surface area contributed by atoms with Gasteiger partial charge in [0.15, 0.2) is 28.7 Å². The Kier molecular flexibility index (Phi) is 16.2. The molecule has 0 amide bonds. The molecule has 0 bridgehead atoms. The Morgan fingerprint density at radius 2 is 1.29 bits per heavy atom. The maximum atomic E-state index is 12.8. The minimum absolute atomic E-state index is 0.0245. The van der Waals surface area contributed by atoms with Crippen molar-refractivity contribution in [3.8, 4) is 0 Å². The predicted octanol–water partition coefficient (Wildman–Crippen LogP) is -9.49. The number of hydrogen-bond donors (Lipinski definition) is 15. The second-order valence-corrected chi connectivity index (χ2v) is 17.8. The Hall–Kier alpha value is -0.890. The topological polar surface area (TPSA) is 406 Å². The van der Waals surface area contributed by atoms with Crippen LogP contribution in [0.25, 0.3) is 0 Å². The van der Waals surface area contributed by atoms with Gasteiger partial charge >= 0.3 is 0 Å². The lowest BCUT2D eigenvalue weighted by atomic mass is 9.80. The zero-order valence-corrected chi connectivity index (χ0v) is 31.9. The van der Waals surface area contributed by atoms with Crippen LogP contribution in [-0.2, 0) is 38.3 Å². The lowest BCUT2D eigenvalue weighted by Crippen LogP contribution is -2.67. The third kappa shape index (κ3) is 10.5. The van der Waals surface area contributed by atoms with Crippen molar-refractivity contribution in [2.75, 3.05) is 57.4 Å². The second-order valence-electron chi connectivity index (χ2n) is 15.6. The van der Waals surface area contributed by atoms with Gasteiger partial charge in [-0.2, -0.15) is 0 Å². The van der Waals surface area contributed by atoms with Crippen LogP contribution in [0.15, 0.2) is 0 Å². The normalized spacial score (nSPS) is 46.2. The van der Waals surface area contributed by atoms with E-state index in [0.717, 1.165) is 0 Å². The van der Waals surface area contributed by atoms with Crippen molar-refractivity contribution in [1.29, 1.82) is 0 Å². The van der Waals surface area contributed by atoms with Gasteiger partial charge in [0, 0.05) is 38.1 Å². The van der Waals surface area contributed by atoms with Crippen molar-refractivity contribution in [2.45, 2.75) is 135 Å². The lowest BCUT2D eigenvalue weighted by molar-refractivity contribution is -0.309. The first kappa shape index (κ1) is 46.2. The van der Waals surface area contributed by atoms with Crippen LogP contribution in [0, 0.1) is 5.92 Å². The first-order valence-electron chi connectivity index (χ1n) is 19.1. The maximum absolute atomic E-state index is 12.8. The fraction of sp³-hybridized carbons (Fsp3) is 1.00. The molecule has 5 fully saturated rings. The molecule has 5 rings (SSSR count). The summed E-state index contributed by atoms with van der Waals surface area (Å²) in [5.74, 6) is -1.92. The van der Waals surface area contributed by atoms with E-state index in [1.165, 1.54) is 0 Å². The summed E-state index contributed by atoms with van der Waals surface area (Å²) in [6.45, 7) is 0.312. The first-order chi connectivity index (χ1) is 26.4. The molecular formula is C32H63N7O16S. The molecule has 0 aromatic rings. The molecule has 4 heterocycles. The molecule has 20 N–H and O–H groups in total. The highest BCUT2D eigenvalue weighted by atomic mass is 32.2. The Balaban J connectivity index is 1.34. The van der Waals surface area contributed by atoms with Gasteiger partial charge in [0.1, 0.15) is 67.1 Å².